The average molecular weight is 346 g/mol. The molecule has 1 aliphatic rings. The predicted molar refractivity (Wildman–Crippen MR) is 94.0 cm³/mol. The van der Waals surface area contributed by atoms with Gasteiger partial charge in [-0.25, -0.2) is 0 Å². The van der Waals surface area contributed by atoms with Crippen molar-refractivity contribution in [2.75, 3.05) is 13.7 Å². The summed E-state index contributed by atoms with van der Waals surface area (Å²) in [5.41, 5.74) is 3.20. The largest absolute Gasteiger partial charge is 0.497 e. The van der Waals surface area contributed by atoms with E-state index in [0.717, 1.165) is 23.3 Å². The molecule has 0 radical (unpaired) electrons. The van der Waals surface area contributed by atoms with Gasteiger partial charge < -0.3 is 4.74 Å². The molecule has 1 unspecified atom stereocenters. The third kappa shape index (κ3) is 3.61. The molecular weight excluding hydrogens is 324 g/mol. The molecule has 2 aromatic carbocycles. The van der Waals surface area contributed by atoms with E-state index in [1.807, 2.05) is 49.4 Å². The van der Waals surface area contributed by atoms with Crippen LogP contribution in [0.15, 0.2) is 48.5 Å². The minimum Gasteiger partial charge on any atom is -0.497 e. The van der Waals surface area contributed by atoms with Crippen molar-refractivity contribution in [3.05, 3.63) is 65.2 Å². The second kappa shape index (κ2) is 6.93. The van der Waals surface area contributed by atoms with E-state index in [-0.39, 0.29) is 6.04 Å². The molecule has 128 valence electrons. The Morgan fingerprint density at radius 3 is 2.42 bits per heavy atom. The molecule has 5 nitrogen and oxygen atoms in total. The zero-order valence-electron chi connectivity index (χ0n) is 13.9. The molecule has 0 saturated carbocycles. The third-order valence-corrected chi connectivity index (χ3v) is 6.02. The molecule has 0 bridgehead atoms. The van der Waals surface area contributed by atoms with Crippen LogP contribution in [0.25, 0.3) is 0 Å². The Kier molecular flexibility index (Phi) is 4.89. The van der Waals surface area contributed by atoms with Crippen molar-refractivity contribution in [1.82, 2.24) is 9.03 Å². The van der Waals surface area contributed by atoms with Gasteiger partial charge in [-0.3, -0.25) is 0 Å². The van der Waals surface area contributed by atoms with Gasteiger partial charge in [-0.1, -0.05) is 36.4 Å². The Hall–Kier alpha value is -1.89. The molecule has 1 aliphatic heterocycles. The lowest BCUT2D eigenvalue weighted by atomic mass is 10.0. The highest BCUT2D eigenvalue weighted by molar-refractivity contribution is 7.87. The smallest absolute Gasteiger partial charge is 0.280 e. The van der Waals surface area contributed by atoms with Crippen LogP contribution in [0, 0.1) is 0 Å². The van der Waals surface area contributed by atoms with Gasteiger partial charge in [-0.05, 0) is 42.2 Å². The van der Waals surface area contributed by atoms with E-state index >= 15 is 0 Å². The molecule has 0 amide bonds. The van der Waals surface area contributed by atoms with Crippen LogP contribution in [0.5, 0.6) is 5.75 Å². The Bertz CT molecular complexity index is 803. The quantitative estimate of drug-likeness (QED) is 0.905. The Morgan fingerprint density at radius 1 is 1.08 bits per heavy atom. The second-order valence-electron chi connectivity index (χ2n) is 5.97. The van der Waals surface area contributed by atoms with Crippen molar-refractivity contribution in [2.24, 2.45) is 0 Å². The maximum atomic E-state index is 12.7. The zero-order chi connectivity index (χ0) is 17.2. The van der Waals surface area contributed by atoms with Gasteiger partial charge in [-0.15, -0.1) is 0 Å². The molecule has 0 aromatic heterocycles. The second-order valence-corrected chi connectivity index (χ2v) is 7.67. The summed E-state index contributed by atoms with van der Waals surface area (Å²) in [6.07, 6.45) is 0.744. The average Bonchev–Trinajstić information content (AvgIpc) is 2.61. The number of nitrogens with one attached hydrogen (secondary N) is 1. The lowest BCUT2D eigenvalue weighted by Gasteiger charge is -2.29. The molecule has 0 aliphatic carbocycles. The van der Waals surface area contributed by atoms with Crippen LogP contribution < -0.4 is 9.46 Å². The Morgan fingerprint density at radius 2 is 1.75 bits per heavy atom. The van der Waals surface area contributed by atoms with Crippen LogP contribution in [0.3, 0.4) is 0 Å². The Labute approximate surface area is 143 Å². The molecule has 3 rings (SSSR count). The van der Waals surface area contributed by atoms with Gasteiger partial charge in [0.05, 0.1) is 7.11 Å². The van der Waals surface area contributed by atoms with Crippen LogP contribution in [0.2, 0.25) is 0 Å². The van der Waals surface area contributed by atoms with E-state index in [2.05, 4.69) is 10.8 Å². The molecule has 1 atom stereocenters. The predicted octanol–water partition coefficient (Wildman–Crippen LogP) is 2.65. The first kappa shape index (κ1) is 17.0. The van der Waals surface area contributed by atoms with E-state index in [9.17, 15) is 8.42 Å². The van der Waals surface area contributed by atoms with Gasteiger partial charge in [-0.2, -0.15) is 17.4 Å². The summed E-state index contributed by atoms with van der Waals surface area (Å²) in [7, 11) is -1.93. The van der Waals surface area contributed by atoms with E-state index in [1.54, 1.807) is 7.11 Å². The minimum atomic E-state index is -3.54. The van der Waals surface area contributed by atoms with Gasteiger partial charge in [0.25, 0.3) is 10.2 Å². The third-order valence-electron chi connectivity index (χ3n) is 4.38. The highest BCUT2D eigenvalue weighted by Crippen LogP contribution is 2.23. The van der Waals surface area contributed by atoms with Crippen molar-refractivity contribution < 1.29 is 13.2 Å². The fourth-order valence-corrected chi connectivity index (χ4v) is 4.31. The monoisotopic (exact) mass is 346 g/mol. The molecule has 1 N–H and O–H groups in total. The van der Waals surface area contributed by atoms with Gasteiger partial charge in [0.2, 0.25) is 0 Å². The van der Waals surface area contributed by atoms with E-state index in [1.165, 1.54) is 9.87 Å². The van der Waals surface area contributed by atoms with Crippen LogP contribution in [-0.2, 0) is 23.2 Å². The van der Waals surface area contributed by atoms with E-state index in [0.29, 0.717) is 13.1 Å². The number of nitrogens with zero attached hydrogens (tertiary/aromatic N) is 1. The summed E-state index contributed by atoms with van der Waals surface area (Å²) in [5, 5.41) is 0. The normalized spacial score (nSPS) is 16.4. The first-order valence-corrected chi connectivity index (χ1v) is 9.42. The first-order valence-electron chi connectivity index (χ1n) is 7.98. The lowest BCUT2D eigenvalue weighted by Crippen LogP contribution is -2.44. The van der Waals surface area contributed by atoms with Crippen LogP contribution >= 0.6 is 0 Å². The number of benzene rings is 2. The highest BCUT2D eigenvalue weighted by atomic mass is 32.2. The summed E-state index contributed by atoms with van der Waals surface area (Å²) < 4.78 is 34.8. The molecule has 0 saturated heterocycles. The fourth-order valence-electron chi connectivity index (χ4n) is 2.93. The zero-order valence-corrected chi connectivity index (χ0v) is 14.7. The van der Waals surface area contributed by atoms with Crippen molar-refractivity contribution in [3.8, 4) is 5.75 Å². The number of hydrogen-bond donors (Lipinski definition) is 1. The number of methoxy groups -OCH3 is 1. The van der Waals surface area contributed by atoms with Gasteiger partial charge >= 0.3 is 0 Å². The van der Waals surface area contributed by atoms with Crippen molar-refractivity contribution in [2.45, 2.75) is 25.9 Å². The van der Waals surface area contributed by atoms with E-state index < -0.39 is 10.2 Å². The van der Waals surface area contributed by atoms with Crippen molar-refractivity contribution >= 4 is 10.2 Å². The van der Waals surface area contributed by atoms with Gasteiger partial charge in [0.1, 0.15) is 5.75 Å². The van der Waals surface area contributed by atoms with Crippen LogP contribution in [0.1, 0.15) is 29.7 Å². The molecule has 24 heavy (non-hydrogen) atoms. The molecule has 6 heteroatoms. The maximum absolute atomic E-state index is 12.7. The summed E-state index contributed by atoms with van der Waals surface area (Å²) in [4.78, 5) is 0. The van der Waals surface area contributed by atoms with Crippen molar-refractivity contribution in [1.29, 1.82) is 0 Å². The van der Waals surface area contributed by atoms with E-state index in [4.69, 9.17) is 4.74 Å². The summed E-state index contributed by atoms with van der Waals surface area (Å²) in [5.74, 6) is 0.751. The molecule has 1 heterocycles. The minimum absolute atomic E-state index is 0.307. The van der Waals surface area contributed by atoms with Crippen molar-refractivity contribution in [3.63, 3.8) is 0 Å². The number of ether oxygens (including phenoxy) is 1. The lowest BCUT2D eigenvalue weighted by molar-refractivity contribution is 0.380. The molecular formula is C18H22N2O3S. The Balaban J connectivity index is 1.71. The number of hydrogen-bond acceptors (Lipinski definition) is 3. The molecule has 0 spiro atoms. The summed E-state index contributed by atoms with van der Waals surface area (Å²) >= 11 is 0. The highest BCUT2D eigenvalue weighted by Gasteiger charge is 2.27. The van der Waals surface area contributed by atoms with Gasteiger partial charge in [0, 0.05) is 19.1 Å². The first-order chi connectivity index (χ1) is 11.5. The molecule has 2 aromatic rings. The van der Waals surface area contributed by atoms with Gasteiger partial charge in [0.15, 0.2) is 0 Å². The summed E-state index contributed by atoms with van der Waals surface area (Å²) in [6.45, 7) is 2.76. The fraction of sp³-hybridized carbons (Fsp3) is 0.333. The van der Waals surface area contributed by atoms with Crippen LogP contribution in [-0.4, -0.2) is 26.4 Å². The topological polar surface area (TPSA) is 58.6 Å². The van der Waals surface area contributed by atoms with Crippen LogP contribution in [0.4, 0.5) is 0 Å². The maximum Gasteiger partial charge on any atom is 0.280 e. The standard InChI is InChI=1S/C18H22N2O3S/c1-14(15-7-9-18(23-2)10-8-15)19-24(21,22)20-12-11-16-5-3-4-6-17(16)13-20/h3-10,14,19H,11-13H2,1-2H3. The summed E-state index contributed by atoms with van der Waals surface area (Å²) in [6, 6.07) is 15.1. The molecule has 0 fully saturated rings. The number of fused-ring (bicyclic) bond motifs is 1. The number of rotatable bonds is 5. The SMILES string of the molecule is COc1ccc(C(C)NS(=O)(=O)N2CCc3ccccc3C2)cc1.